The zero-order valence-corrected chi connectivity index (χ0v) is 32.0. The normalized spacial score (nSPS) is 17.0. The van der Waals surface area contributed by atoms with Gasteiger partial charge in [-0.3, -0.25) is 19.8 Å². The third-order valence-electron chi connectivity index (χ3n) is 10.2. The second-order valence-corrected chi connectivity index (χ2v) is 16.7. The first kappa shape index (κ1) is 38.2. The molecule has 5 aromatic carbocycles. The van der Waals surface area contributed by atoms with Crippen LogP contribution in [0.5, 0.6) is 11.5 Å². The highest BCUT2D eigenvalue weighted by atomic mass is 32.2. The zero-order chi connectivity index (χ0) is 39.7. The highest BCUT2D eigenvalue weighted by Crippen LogP contribution is 2.48. The summed E-state index contributed by atoms with van der Waals surface area (Å²) in [6.45, 7) is 3.19. The average Bonchev–Trinajstić information content (AvgIpc) is 3.53. The Morgan fingerprint density at radius 3 is 2.54 bits per heavy atom. The molecule has 1 saturated heterocycles. The third kappa shape index (κ3) is 8.24. The monoisotopic (exact) mass is 813 g/mol. The zero-order valence-electron chi connectivity index (χ0n) is 30.4. The minimum Gasteiger partial charge on any atom is -0.395 e. The Balaban J connectivity index is 0.903. The number of thioether (sulfide) groups is 1. The number of benzene rings is 5. The number of hydrogen-bond acceptors (Lipinski definition) is 11. The number of nitro groups is 1. The molecule has 57 heavy (non-hydrogen) atoms. The number of amides is 1. The number of fused-ring (bicyclic) bond motifs is 4. The number of nitro benzene ring substituents is 1. The Morgan fingerprint density at radius 1 is 0.930 bits per heavy atom. The Kier molecular flexibility index (Phi) is 10.5. The SMILES string of the molecule is O=C(NS(=O)(=O)c1ccc(NCCSc2ccccc2)c([N+](=O)[O-])c1)c1ccc2c(c1)CCC1CN(Cc3ccccc3-c3cccc4c3OC(F)(F)O4)CCN21. The van der Waals surface area contributed by atoms with Crippen LogP contribution in [-0.2, 0) is 23.0 Å². The lowest BCUT2D eigenvalue weighted by molar-refractivity contribution is -0.384. The van der Waals surface area contributed by atoms with E-state index in [4.69, 9.17) is 4.74 Å². The summed E-state index contributed by atoms with van der Waals surface area (Å²) in [5.74, 6) is -0.192. The van der Waals surface area contributed by atoms with Crippen LogP contribution >= 0.6 is 11.8 Å². The topological polar surface area (TPSA) is 143 Å². The quantitative estimate of drug-likeness (QED) is 0.0558. The van der Waals surface area contributed by atoms with Crippen LogP contribution in [0.2, 0.25) is 0 Å². The number of hydrogen-bond donors (Lipinski definition) is 2. The lowest BCUT2D eigenvalue weighted by Gasteiger charge is -2.46. The van der Waals surface area contributed by atoms with Crippen molar-refractivity contribution in [3.05, 3.63) is 136 Å². The Bertz CT molecular complexity index is 2460. The molecule has 1 atom stereocenters. The lowest BCUT2D eigenvalue weighted by Crippen LogP contribution is -2.54. The van der Waals surface area contributed by atoms with E-state index in [0.717, 1.165) is 52.8 Å². The van der Waals surface area contributed by atoms with Crippen LogP contribution in [0.1, 0.15) is 27.9 Å². The number of aryl methyl sites for hydroxylation is 1. The molecule has 0 bridgehead atoms. The van der Waals surface area contributed by atoms with Gasteiger partial charge in [0.25, 0.3) is 21.6 Å². The van der Waals surface area contributed by atoms with Gasteiger partial charge in [0, 0.05) is 72.3 Å². The molecule has 0 spiro atoms. The van der Waals surface area contributed by atoms with E-state index in [2.05, 4.69) is 24.6 Å². The second kappa shape index (κ2) is 15.7. The fourth-order valence-corrected chi connectivity index (χ4v) is 9.37. The van der Waals surface area contributed by atoms with E-state index in [1.54, 1.807) is 36.0 Å². The van der Waals surface area contributed by atoms with Crippen molar-refractivity contribution in [1.29, 1.82) is 0 Å². The van der Waals surface area contributed by atoms with Gasteiger partial charge in [-0.25, -0.2) is 13.1 Å². The highest BCUT2D eigenvalue weighted by molar-refractivity contribution is 7.99. The van der Waals surface area contributed by atoms with Crippen LogP contribution in [-0.4, -0.2) is 68.4 Å². The average molecular weight is 814 g/mol. The van der Waals surface area contributed by atoms with E-state index >= 15 is 0 Å². The number of nitrogens with zero attached hydrogens (tertiary/aromatic N) is 3. The third-order valence-corrected chi connectivity index (χ3v) is 12.6. The van der Waals surface area contributed by atoms with Crippen LogP contribution in [0.15, 0.2) is 119 Å². The van der Waals surface area contributed by atoms with Gasteiger partial charge in [0.15, 0.2) is 11.5 Å². The number of sulfonamides is 1. The first-order valence-electron chi connectivity index (χ1n) is 18.3. The standard InChI is InChI=1S/C41H37F2N5O7S2/c42-41(43)54-38-12-6-11-34(39(38)55-41)33-10-5-4-7-29(33)25-46-20-21-47-30(26-46)15-13-27-23-28(14-18-36(27)47)40(49)45-57(52,53)32-16-17-35(37(24-32)48(50)51)44-19-22-56-31-8-2-1-3-9-31/h1-12,14,16-18,23-24,30,44H,13,15,19-22,25-26H2,(H,45,49). The summed E-state index contributed by atoms with van der Waals surface area (Å²) in [6.07, 6.45) is -2.25. The van der Waals surface area contributed by atoms with E-state index in [9.17, 15) is 32.1 Å². The maximum Gasteiger partial charge on any atom is 0.586 e. The van der Waals surface area contributed by atoms with Gasteiger partial charge in [-0.15, -0.1) is 20.5 Å². The molecular formula is C41H37F2N5O7S2. The van der Waals surface area contributed by atoms with Crippen LogP contribution in [0.25, 0.3) is 11.1 Å². The fraction of sp³-hybridized carbons (Fsp3) is 0.244. The second-order valence-electron chi connectivity index (χ2n) is 13.9. The van der Waals surface area contributed by atoms with E-state index in [-0.39, 0.29) is 28.8 Å². The van der Waals surface area contributed by atoms with E-state index < -0.39 is 37.7 Å². The predicted molar refractivity (Wildman–Crippen MR) is 213 cm³/mol. The summed E-state index contributed by atoms with van der Waals surface area (Å²) in [6, 6.07) is 31.1. The largest absolute Gasteiger partial charge is 0.586 e. The van der Waals surface area contributed by atoms with Gasteiger partial charge in [-0.05, 0) is 78.1 Å². The molecule has 3 aliphatic heterocycles. The highest BCUT2D eigenvalue weighted by Gasteiger charge is 2.45. The molecule has 16 heteroatoms. The number of carbonyl (C=O) groups excluding carboxylic acids is 1. The number of para-hydroxylation sites is 1. The molecule has 294 valence electrons. The van der Waals surface area contributed by atoms with Gasteiger partial charge in [0.05, 0.1) is 9.82 Å². The Hall–Kier alpha value is -5.71. The van der Waals surface area contributed by atoms with Crippen molar-refractivity contribution in [2.45, 2.75) is 41.5 Å². The summed E-state index contributed by atoms with van der Waals surface area (Å²) in [5, 5.41) is 14.9. The number of piperazine rings is 1. The molecule has 12 nitrogen and oxygen atoms in total. The number of anilines is 2. The molecule has 0 radical (unpaired) electrons. The van der Waals surface area contributed by atoms with Crippen molar-refractivity contribution in [1.82, 2.24) is 9.62 Å². The number of alkyl halides is 2. The summed E-state index contributed by atoms with van der Waals surface area (Å²) >= 11 is 1.58. The minimum absolute atomic E-state index is 0.00137. The molecule has 1 fully saturated rings. The number of carbonyl (C=O) groups is 1. The van der Waals surface area contributed by atoms with Gasteiger partial charge < -0.3 is 19.7 Å². The van der Waals surface area contributed by atoms with Gasteiger partial charge in [-0.1, -0.05) is 54.6 Å². The molecule has 3 heterocycles. The minimum atomic E-state index is -4.44. The van der Waals surface area contributed by atoms with Crippen molar-refractivity contribution >= 4 is 44.8 Å². The van der Waals surface area contributed by atoms with Crippen molar-refractivity contribution < 1.29 is 36.4 Å². The lowest BCUT2D eigenvalue weighted by atomic mass is 9.92. The van der Waals surface area contributed by atoms with Crippen LogP contribution in [0.3, 0.4) is 0 Å². The van der Waals surface area contributed by atoms with Crippen LogP contribution in [0, 0.1) is 10.1 Å². The van der Waals surface area contributed by atoms with E-state index in [0.29, 0.717) is 37.4 Å². The molecule has 5 aromatic rings. The number of halogens is 2. The van der Waals surface area contributed by atoms with E-state index in [1.165, 1.54) is 18.2 Å². The molecular weight excluding hydrogens is 777 g/mol. The van der Waals surface area contributed by atoms with Gasteiger partial charge in [-0.2, -0.15) is 0 Å². The van der Waals surface area contributed by atoms with Gasteiger partial charge in [0.2, 0.25) is 0 Å². The maximum atomic E-state index is 14.0. The Labute approximate surface area is 332 Å². The summed E-state index contributed by atoms with van der Waals surface area (Å²) < 4.78 is 66.2. The summed E-state index contributed by atoms with van der Waals surface area (Å²) in [7, 11) is -4.44. The van der Waals surface area contributed by atoms with Crippen molar-refractivity contribution in [2.24, 2.45) is 0 Å². The molecule has 0 aromatic heterocycles. The summed E-state index contributed by atoms with van der Waals surface area (Å²) in [4.78, 5) is 29.9. The predicted octanol–water partition coefficient (Wildman–Crippen LogP) is 7.54. The molecule has 3 aliphatic rings. The molecule has 0 aliphatic carbocycles. The fourth-order valence-electron chi connectivity index (χ4n) is 7.59. The molecule has 0 saturated carbocycles. The first-order valence-corrected chi connectivity index (χ1v) is 20.8. The summed E-state index contributed by atoms with van der Waals surface area (Å²) in [5.41, 5.74) is 4.11. The molecule has 8 rings (SSSR count). The Morgan fingerprint density at radius 2 is 1.72 bits per heavy atom. The first-order chi connectivity index (χ1) is 27.4. The number of rotatable bonds is 12. The van der Waals surface area contributed by atoms with Crippen molar-refractivity contribution in [3.8, 4) is 22.6 Å². The molecule has 1 unspecified atom stereocenters. The number of nitrogens with one attached hydrogen (secondary N) is 2. The van der Waals surface area contributed by atoms with Gasteiger partial charge in [0.1, 0.15) is 5.69 Å². The van der Waals surface area contributed by atoms with E-state index in [1.807, 2.05) is 60.7 Å². The van der Waals surface area contributed by atoms with Crippen LogP contribution < -0.4 is 24.4 Å². The van der Waals surface area contributed by atoms with Crippen molar-refractivity contribution in [3.63, 3.8) is 0 Å². The van der Waals surface area contributed by atoms with Crippen LogP contribution in [0.4, 0.5) is 25.8 Å². The molecule has 2 N–H and O–H groups in total. The molecule has 1 amide bonds. The number of ether oxygens (including phenoxy) is 2. The van der Waals surface area contributed by atoms with Crippen molar-refractivity contribution in [2.75, 3.05) is 42.1 Å². The van der Waals surface area contributed by atoms with Gasteiger partial charge >= 0.3 is 6.29 Å². The smallest absolute Gasteiger partial charge is 0.395 e. The maximum absolute atomic E-state index is 14.0.